The summed E-state index contributed by atoms with van der Waals surface area (Å²) >= 11 is 0. The molecule has 0 bridgehead atoms. The predicted molar refractivity (Wildman–Crippen MR) is 83.9 cm³/mol. The van der Waals surface area contributed by atoms with Gasteiger partial charge in [0.15, 0.2) is 0 Å². The van der Waals surface area contributed by atoms with Crippen LogP contribution >= 0.6 is 0 Å². The summed E-state index contributed by atoms with van der Waals surface area (Å²) < 4.78 is 94.7. The number of rotatable bonds is 1. The highest BCUT2D eigenvalue weighted by Crippen LogP contribution is 2.35. The SMILES string of the molecule is [2H]c1c([2H])c([2H])c(-c2c([2H])c([2H])c3oc4c([2H])c([2H])c([2H])c([2H])c4c3c2C)c([2H])c1[2H]. The third-order valence-corrected chi connectivity index (χ3v) is 3.14. The van der Waals surface area contributed by atoms with Crippen LogP contribution in [0.1, 0.15) is 20.6 Å². The number of hydrogen-bond donors (Lipinski definition) is 0. The Morgan fingerprint density at radius 3 is 2.40 bits per heavy atom. The van der Waals surface area contributed by atoms with Crippen LogP contribution in [-0.4, -0.2) is 0 Å². The molecule has 0 amide bonds. The van der Waals surface area contributed by atoms with Crippen LogP contribution in [0.15, 0.2) is 70.9 Å². The third kappa shape index (κ3) is 1.56. The van der Waals surface area contributed by atoms with Gasteiger partial charge in [0.1, 0.15) is 11.2 Å². The van der Waals surface area contributed by atoms with Crippen molar-refractivity contribution in [2.24, 2.45) is 0 Å². The lowest BCUT2D eigenvalue weighted by Crippen LogP contribution is -1.83. The van der Waals surface area contributed by atoms with E-state index < -0.39 is 60.4 Å². The zero-order valence-electron chi connectivity index (χ0n) is 21.4. The molecule has 0 saturated heterocycles. The van der Waals surface area contributed by atoms with Crippen LogP contribution in [0.5, 0.6) is 0 Å². The van der Waals surface area contributed by atoms with Crippen LogP contribution in [0.25, 0.3) is 33.1 Å². The first-order chi connectivity index (χ1) is 14.4. The molecule has 0 unspecified atom stereocenters. The molecule has 0 aliphatic rings. The van der Waals surface area contributed by atoms with Gasteiger partial charge in [0.25, 0.3) is 0 Å². The largest absolute Gasteiger partial charge is 0.456 e. The van der Waals surface area contributed by atoms with E-state index in [-0.39, 0.29) is 44.7 Å². The summed E-state index contributed by atoms with van der Waals surface area (Å²) in [6.07, 6.45) is 0. The molecule has 0 aliphatic heterocycles. The first-order valence-electron chi connectivity index (χ1n) is 11.4. The summed E-state index contributed by atoms with van der Waals surface area (Å²) in [5.74, 6) is 0. The fraction of sp³-hybridized carbons (Fsp3) is 0.0526. The van der Waals surface area contributed by atoms with Crippen LogP contribution in [0.2, 0.25) is 0 Å². The molecular formula is C19H14O. The van der Waals surface area contributed by atoms with Crippen LogP contribution < -0.4 is 0 Å². The zero-order chi connectivity index (χ0) is 23.1. The van der Waals surface area contributed by atoms with Crippen molar-refractivity contribution in [2.45, 2.75) is 6.92 Å². The van der Waals surface area contributed by atoms with E-state index in [0.29, 0.717) is 0 Å². The Labute approximate surface area is 132 Å². The summed E-state index contributed by atoms with van der Waals surface area (Å²) in [5, 5.41) is 0.158. The number of aryl methyl sites for hydroxylation is 1. The van der Waals surface area contributed by atoms with E-state index >= 15 is 0 Å². The molecule has 0 saturated carbocycles. The molecule has 4 aromatic rings. The van der Waals surface area contributed by atoms with Gasteiger partial charge in [-0.25, -0.2) is 0 Å². The number of benzene rings is 3. The molecular weight excluding hydrogens is 244 g/mol. The van der Waals surface area contributed by atoms with Gasteiger partial charge in [0.2, 0.25) is 0 Å². The molecule has 1 heteroatoms. The lowest BCUT2D eigenvalue weighted by atomic mass is 9.96. The molecule has 1 nitrogen and oxygen atoms in total. The van der Waals surface area contributed by atoms with E-state index in [1.807, 2.05) is 0 Å². The fourth-order valence-electron chi connectivity index (χ4n) is 2.23. The lowest BCUT2D eigenvalue weighted by Gasteiger charge is -2.07. The highest BCUT2D eigenvalue weighted by molar-refractivity contribution is 6.08. The van der Waals surface area contributed by atoms with E-state index in [1.165, 1.54) is 6.92 Å². The van der Waals surface area contributed by atoms with Crippen LogP contribution in [0.3, 0.4) is 0 Å². The van der Waals surface area contributed by atoms with Crippen LogP contribution in [0.4, 0.5) is 0 Å². The molecule has 0 aliphatic carbocycles. The third-order valence-electron chi connectivity index (χ3n) is 3.14. The Morgan fingerprint density at radius 2 is 1.55 bits per heavy atom. The summed E-state index contributed by atoms with van der Waals surface area (Å²) in [7, 11) is 0. The van der Waals surface area contributed by atoms with Crippen molar-refractivity contribution in [3.63, 3.8) is 0 Å². The number of furan rings is 1. The molecule has 1 aromatic heterocycles. The first-order valence-corrected chi connectivity index (χ1v) is 5.91. The lowest BCUT2D eigenvalue weighted by molar-refractivity contribution is 0.669. The highest BCUT2D eigenvalue weighted by Gasteiger charge is 2.12. The molecule has 1 heterocycles. The summed E-state index contributed by atoms with van der Waals surface area (Å²) in [4.78, 5) is 0. The monoisotopic (exact) mass is 269 g/mol. The smallest absolute Gasteiger partial charge is 0.135 e. The Kier molecular flexibility index (Phi) is 1.01. The summed E-state index contributed by atoms with van der Waals surface area (Å²) in [6, 6.07) is -5.51. The quantitative estimate of drug-likeness (QED) is 0.441. The van der Waals surface area contributed by atoms with Gasteiger partial charge in [0, 0.05) is 10.8 Å². The number of fused-ring (bicyclic) bond motifs is 3. The van der Waals surface area contributed by atoms with Gasteiger partial charge in [-0.05, 0) is 35.7 Å². The second-order valence-electron chi connectivity index (χ2n) is 4.26. The van der Waals surface area contributed by atoms with Crippen molar-refractivity contribution in [2.75, 3.05) is 0 Å². The second-order valence-corrected chi connectivity index (χ2v) is 4.26. The predicted octanol–water partition coefficient (Wildman–Crippen LogP) is 5.56. The molecule has 0 fully saturated rings. The van der Waals surface area contributed by atoms with Gasteiger partial charge in [-0.2, -0.15) is 0 Å². The van der Waals surface area contributed by atoms with Gasteiger partial charge in [-0.3, -0.25) is 0 Å². The van der Waals surface area contributed by atoms with Crippen molar-refractivity contribution in [3.05, 3.63) is 72.0 Å². The Balaban J connectivity index is 2.30. The average molecular weight is 269 g/mol. The maximum Gasteiger partial charge on any atom is 0.135 e. The molecule has 3 aromatic carbocycles. The molecule has 0 radical (unpaired) electrons. The van der Waals surface area contributed by atoms with E-state index in [1.54, 1.807) is 0 Å². The van der Waals surface area contributed by atoms with Gasteiger partial charge < -0.3 is 4.42 Å². The first kappa shape index (κ1) is 4.78. The summed E-state index contributed by atoms with van der Waals surface area (Å²) in [5.41, 5.74) is -0.405. The topological polar surface area (TPSA) is 13.1 Å². The van der Waals surface area contributed by atoms with Crippen molar-refractivity contribution >= 4 is 21.9 Å². The van der Waals surface area contributed by atoms with E-state index in [0.717, 1.165) is 0 Å². The van der Waals surface area contributed by atoms with E-state index in [4.69, 9.17) is 19.5 Å². The van der Waals surface area contributed by atoms with E-state index in [2.05, 4.69) is 0 Å². The van der Waals surface area contributed by atoms with Crippen LogP contribution in [0, 0.1) is 6.92 Å². The van der Waals surface area contributed by atoms with Gasteiger partial charge >= 0.3 is 0 Å². The molecule has 96 valence electrons. The molecule has 4 rings (SSSR count). The molecule has 20 heavy (non-hydrogen) atoms. The number of hydrogen-bond acceptors (Lipinski definition) is 1. The standard InChI is InChI=1S/C19H14O/c1-13-15(14-7-3-2-4-8-14)11-12-18-19(13)16-9-5-6-10-17(16)20-18/h2-12H,1H3/i2D,3D,4D,5D,6D,7D,8D,9D,10D,11D,12D. The van der Waals surface area contributed by atoms with E-state index in [9.17, 15) is 0 Å². The highest BCUT2D eigenvalue weighted by atomic mass is 16.3. The Bertz CT molecular complexity index is 1420. The Hall–Kier alpha value is -2.54. The fourth-order valence-corrected chi connectivity index (χ4v) is 2.23. The second kappa shape index (κ2) is 4.24. The number of para-hydroxylation sites is 1. The van der Waals surface area contributed by atoms with Crippen molar-refractivity contribution in [1.29, 1.82) is 0 Å². The summed E-state index contributed by atoms with van der Waals surface area (Å²) in [6.45, 7) is 1.51. The molecule has 0 spiro atoms. The minimum Gasteiger partial charge on any atom is -0.456 e. The van der Waals surface area contributed by atoms with Crippen LogP contribution in [-0.2, 0) is 0 Å². The normalized spacial score (nSPS) is 18.9. The maximum atomic E-state index is 8.46. The average Bonchev–Trinajstić information content (AvgIpc) is 3.15. The minimum absolute atomic E-state index is 0.0145. The minimum atomic E-state index is -0.585. The van der Waals surface area contributed by atoms with Crippen molar-refractivity contribution in [1.82, 2.24) is 0 Å². The van der Waals surface area contributed by atoms with Crippen molar-refractivity contribution < 1.29 is 19.5 Å². The molecule has 0 N–H and O–H groups in total. The maximum absolute atomic E-state index is 8.46. The molecule has 0 atom stereocenters. The van der Waals surface area contributed by atoms with Gasteiger partial charge in [-0.15, -0.1) is 0 Å². The van der Waals surface area contributed by atoms with Crippen molar-refractivity contribution in [3.8, 4) is 11.1 Å². The van der Waals surface area contributed by atoms with Gasteiger partial charge in [0.05, 0.1) is 15.1 Å². The van der Waals surface area contributed by atoms with Gasteiger partial charge in [-0.1, -0.05) is 54.4 Å². The Morgan fingerprint density at radius 1 is 0.800 bits per heavy atom. The zero-order valence-corrected chi connectivity index (χ0v) is 10.4.